The number of aromatic nitrogens is 1. The molecule has 0 aliphatic heterocycles. The van der Waals surface area contributed by atoms with Crippen LogP contribution in [0.1, 0.15) is 38.7 Å². The van der Waals surface area contributed by atoms with Crippen LogP contribution < -0.4 is 10.6 Å². The maximum Gasteiger partial charge on any atom is 0.207 e. The maximum absolute atomic E-state index is 13.5. The van der Waals surface area contributed by atoms with E-state index in [2.05, 4.69) is 6.92 Å². The third-order valence-corrected chi connectivity index (χ3v) is 5.45. The van der Waals surface area contributed by atoms with Crippen LogP contribution in [0, 0.1) is 5.41 Å². The van der Waals surface area contributed by atoms with Crippen LogP contribution in [-0.4, -0.2) is 10.8 Å². The molecule has 1 aromatic heterocycles. The average molecular weight is 371 g/mol. The Kier molecular flexibility index (Phi) is 4.99. The Morgan fingerprint density at radius 1 is 1.04 bits per heavy atom. The van der Waals surface area contributed by atoms with Gasteiger partial charge in [-0.15, -0.1) is 0 Å². The number of carbonyl (C=O) groups is 1. The molecule has 0 N–H and O–H groups in total. The van der Waals surface area contributed by atoms with Gasteiger partial charge in [0.2, 0.25) is 5.78 Å². The Morgan fingerprint density at radius 3 is 2.57 bits per heavy atom. The van der Waals surface area contributed by atoms with Crippen LogP contribution in [0.15, 0.2) is 60.7 Å². The molecule has 3 aromatic rings. The minimum atomic E-state index is -0.579. The molecule has 0 spiro atoms. The summed E-state index contributed by atoms with van der Waals surface area (Å²) in [5, 5.41) is 2.66. The maximum atomic E-state index is 13.5. The molecule has 4 rings (SSSR count). The number of para-hydroxylation sites is 1. The highest BCUT2D eigenvalue weighted by molar-refractivity contribution is 6.18. The van der Waals surface area contributed by atoms with Crippen LogP contribution >= 0.6 is 0 Å². The van der Waals surface area contributed by atoms with Crippen LogP contribution in [0.25, 0.3) is 22.7 Å². The van der Waals surface area contributed by atoms with Gasteiger partial charge in [0.05, 0.1) is 16.3 Å². The largest absolute Gasteiger partial charge is 0.484 e. The van der Waals surface area contributed by atoms with E-state index in [1.807, 2.05) is 73.7 Å². The second kappa shape index (κ2) is 7.59. The number of pyridine rings is 1. The van der Waals surface area contributed by atoms with Gasteiger partial charge >= 0.3 is 0 Å². The minimum absolute atomic E-state index is 0.0569. The second-order valence-electron chi connectivity index (χ2n) is 7.71. The van der Waals surface area contributed by atoms with E-state index in [1.165, 1.54) is 0 Å². The van der Waals surface area contributed by atoms with Crippen molar-refractivity contribution in [1.82, 2.24) is 4.98 Å². The normalized spacial score (nSPS) is 18.6. The number of carbonyl (C=O) groups excluding carboxylic acids is 1. The van der Waals surface area contributed by atoms with E-state index in [9.17, 15) is 4.79 Å². The summed E-state index contributed by atoms with van der Waals surface area (Å²) in [4.78, 5) is 18.3. The van der Waals surface area contributed by atoms with Gasteiger partial charge in [-0.1, -0.05) is 68.3 Å². The Labute approximate surface area is 165 Å². The van der Waals surface area contributed by atoms with Gasteiger partial charge in [-0.3, -0.25) is 4.79 Å². The van der Waals surface area contributed by atoms with Crippen molar-refractivity contribution in [3.8, 4) is 0 Å². The molecule has 0 amide bonds. The van der Waals surface area contributed by atoms with Crippen molar-refractivity contribution in [2.75, 3.05) is 0 Å². The highest BCUT2D eigenvalue weighted by Gasteiger charge is 2.37. The third-order valence-electron chi connectivity index (χ3n) is 5.45. The van der Waals surface area contributed by atoms with Crippen LogP contribution in [0.5, 0.6) is 0 Å². The topological polar surface area (TPSA) is 39.2 Å². The zero-order chi connectivity index (χ0) is 19.6. The highest BCUT2D eigenvalue weighted by atomic mass is 16.5. The van der Waals surface area contributed by atoms with Crippen molar-refractivity contribution in [2.45, 2.75) is 39.7 Å². The second-order valence-corrected chi connectivity index (χ2v) is 7.71. The number of unbranched alkanes of at least 4 members (excludes halogenated alkanes) is 1. The molecule has 142 valence electrons. The molecule has 1 aliphatic rings. The van der Waals surface area contributed by atoms with Crippen molar-refractivity contribution >= 4 is 28.5 Å². The third kappa shape index (κ3) is 3.45. The number of benzene rings is 2. The summed E-state index contributed by atoms with van der Waals surface area (Å²) >= 11 is 0. The predicted octanol–water partition coefficient (Wildman–Crippen LogP) is 4.12. The van der Waals surface area contributed by atoms with E-state index in [4.69, 9.17) is 9.72 Å². The monoisotopic (exact) mass is 371 g/mol. The van der Waals surface area contributed by atoms with Gasteiger partial charge in [0.25, 0.3) is 0 Å². The van der Waals surface area contributed by atoms with Gasteiger partial charge in [0.1, 0.15) is 6.61 Å². The highest BCUT2D eigenvalue weighted by Crippen LogP contribution is 2.32. The molecular formula is C25H25NO2. The van der Waals surface area contributed by atoms with Gasteiger partial charge in [-0.2, -0.15) is 0 Å². The molecule has 1 heterocycles. The van der Waals surface area contributed by atoms with Crippen LogP contribution in [0.4, 0.5) is 0 Å². The molecule has 0 bridgehead atoms. The molecule has 0 saturated heterocycles. The van der Waals surface area contributed by atoms with E-state index in [1.54, 1.807) is 0 Å². The van der Waals surface area contributed by atoms with E-state index in [0.29, 0.717) is 12.4 Å². The van der Waals surface area contributed by atoms with Crippen molar-refractivity contribution in [2.24, 2.45) is 5.41 Å². The molecule has 3 heteroatoms. The smallest absolute Gasteiger partial charge is 0.207 e. The van der Waals surface area contributed by atoms with E-state index < -0.39 is 5.41 Å². The fourth-order valence-corrected chi connectivity index (χ4v) is 3.77. The molecule has 1 unspecified atom stereocenters. The first-order valence-corrected chi connectivity index (χ1v) is 9.95. The summed E-state index contributed by atoms with van der Waals surface area (Å²) in [5.41, 5.74) is 1.40. The lowest BCUT2D eigenvalue weighted by Gasteiger charge is -2.28. The van der Waals surface area contributed by atoms with Crippen molar-refractivity contribution in [1.29, 1.82) is 0 Å². The molecule has 28 heavy (non-hydrogen) atoms. The number of ether oxygens (including phenoxy) is 1. The number of nitrogens with zero attached hydrogens (tertiary/aromatic N) is 1. The Morgan fingerprint density at radius 2 is 1.79 bits per heavy atom. The van der Waals surface area contributed by atoms with Crippen LogP contribution in [0.2, 0.25) is 0 Å². The number of fused-ring (bicyclic) bond motifs is 2. The van der Waals surface area contributed by atoms with Gasteiger partial charge in [-0.25, -0.2) is 4.98 Å². The van der Waals surface area contributed by atoms with Crippen LogP contribution in [-0.2, 0) is 16.1 Å². The first-order chi connectivity index (χ1) is 13.6. The number of Topliss-reactive ketones (excluding diaryl/α,β-unsaturated/α-hetero) is 1. The predicted molar refractivity (Wildman–Crippen MR) is 113 cm³/mol. The minimum Gasteiger partial charge on any atom is -0.484 e. The van der Waals surface area contributed by atoms with Crippen molar-refractivity contribution in [3.63, 3.8) is 0 Å². The van der Waals surface area contributed by atoms with Gasteiger partial charge in [-0.05, 0) is 37.1 Å². The fourth-order valence-electron chi connectivity index (χ4n) is 3.77. The molecule has 1 atom stereocenters. The quantitative estimate of drug-likeness (QED) is 0.654. The molecule has 1 aliphatic carbocycles. The van der Waals surface area contributed by atoms with Gasteiger partial charge < -0.3 is 4.74 Å². The van der Waals surface area contributed by atoms with Crippen molar-refractivity contribution in [3.05, 3.63) is 76.8 Å². The lowest BCUT2D eigenvalue weighted by molar-refractivity contribution is -0.122. The van der Waals surface area contributed by atoms with Crippen molar-refractivity contribution < 1.29 is 9.53 Å². The SMILES string of the molecule is CCCCC1(C)C=c2nc3ccccc3cc2=C(OCc2ccccc2)C1=O. The summed E-state index contributed by atoms with van der Waals surface area (Å²) in [6.45, 7) is 4.53. The lowest BCUT2D eigenvalue weighted by Crippen LogP contribution is -2.44. The fraction of sp³-hybridized carbons (Fsp3) is 0.280. The van der Waals surface area contributed by atoms with E-state index in [-0.39, 0.29) is 5.78 Å². The zero-order valence-electron chi connectivity index (χ0n) is 16.4. The zero-order valence-corrected chi connectivity index (χ0v) is 16.4. The lowest BCUT2D eigenvalue weighted by atomic mass is 9.77. The molecular weight excluding hydrogens is 346 g/mol. The molecule has 3 nitrogen and oxygen atoms in total. The van der Waals surface area contributed by atoms with Gasteiger partial charge in [0.15, 0.2) is 5.76 Å². The summed E-state index contributed by atoms with van der Waals surface area (Å²) in [6, 6.07) is 20.0. The summed E-state index contributed by atoms with van der Waals surface area (Å²) in [6.07, 6.45) is 4.89. The average Bonchev–Trinajstić information content (AvgIpc) is 2.72. The first-order valence-electron chi connectivity index (χ1n) is 9.95. The molecule has 0 saturated carbocycles. The standard InChI is InChI=1S/C25H25NO2/c1-3-4-14-25(2)16-22-20(15-19-12-8-9-13-21(19)26-22)23(24(25)27)28-17-18-10-6-5-7-11-18/h5-13,15-16H,3-4,14,17H2,1-2H3. The molecule has 0 fully saturated rings. The molecule has 2 aromatic carbocycles. The summed E-state index contributed by atoms with van der Waals surface area (Å²) in [5.74, 6) is 0.500. The number of hydrogen-bond donors (Lipinski definition) is 0. The Bertz CT molecular complexity index is 1130. The number of rotatable bonds is 6. The number of hydrogen-bond acceptors (Lipinski definition) is 3. The van der Waals surface area contributed by atoms with Gasteiger partial charge in [0, 0.05) is 10.6 Å². The molecule has 0 radical (unpaired) electrons. The summed E-state index contributed by atoms with van der Waals surface area (Å²) < 4.78 is 6.14. The summed E-state index contributed by atoms with van der Waals surface area (Å²) in [7, 11) is 0. The first kappa shape index (κ1) is 18.4. The van der Waals surface area contributed by atoms with E-state index >= 15 is 0 Å². The Balaban J connectivity index is 1.86. The Hall–Kier alpha value is -2.94. The number of ketones is 1. The van der Waals surface area contributed by atoms with E-state index in [0.717, 1.165) is 46.3 Å². The van der Waals surface area contributed by atoms with Crippen LogP contribution in [0.3, 0.4) is 0 Å².